The smallest absolute Gasteiger partial charge is 0.273 e. The maximum absolute atomic E-state index is 12.5. The fourth-order valence-electron chi connectivity index (χ4n) is 3.52. The number of hydrogen-bond donors (Lipinski definition) is 2. The summed E-state index contributed by atoms with van der Waals surface area (Å²) in [5, 5.41) is 9.78. The minimum absolute atomic E-state index is 0.0496. The van der Waals surface area contributed by atoms with E-state index >= 15 is 0 Å². The summed E-state index contributed by atoms with van der Waals surface area (Å²) in [7, 11) is 0. The van der Waals surface area contributed by atoms with Gasteiger partial charge in [-0.1, -0.05) is 12.1 Å². The maximum atomic E-state index is 12.5. The van der Waals surface area contributed by atoms with E-state index in [1.54, 1.807) is 6.07 Å². The molecule has 1 saturated heterocycles. The number of hydrogen-bond acceptors (Lipinski definition) is 5. The molecule has 2 aliphatic rings. The van der Waals surface area contributed by atoms with Gasteiger partial charge in [0, 0.05) is 43.4 Å². The van der Waals surface area contributed by atoms with Gasteiger partial charge in [-0.3, -0.25) is 9.59 Å². The number of nitrogens with zero attached hydrogens (tertiary/aromatic N) is 2. The third kappa shape index (κ3) is 3.97. The summed E-state index contributed by atoms with van der Waals surface area (Å²) >= 11 is 0. The van der Waals surface area contributed by atoms with E-state index in [0.717, 1.165) is 43.1 Å². The van der Waals surface area contributed by atoms with Crippen LogP contribution < -0.4 is 15.5 Å². The van der Waals surface area contributed by atoms with Crippen LogP contribution in [0.1, 0.15) is 48.9 Å². The first kappa shape index (κ1) is 17.6. The standard InChI is InChI=1S/C20H24N4O3/c1-12-10-24(16-7-5-15(6-8-16)21-13(2)25)11-18(12)22-20(26)17-9-19(27-23-17)14-3-4-14/h5-9,12,14,18H,3-4,10-11H2,1-2H3,(H,21,25)(H,22,26)/t12-,18+/m0/s1. The van der Waals surface area contributed by atoms with Crippen molar-refractivity contribution in [1.29, 1.82) is 0 Å². The Bertz CT molecular complexity index is 841. The number of carbonyl (C=O) groups excluding carboxylic acids is 2. The third-order valence-corrected chi connectivity index (χ3v) is 5.22. The fourth-order valence-corrected chi connectivity index (χ4v) is 3.52. The second-order valence-corrected chi connectivity index (χ2v) is 7.58. The van der Waals surface area contributed by atoms with Gasteiger partial charge in [-0.2, -0.15) is 0 Å². The van der Waals surface area contributed by atoms with Gasteiger partial charge in [-0.05, 0) is 43.0 Å². The Labute approximate surface area is 158 Å². The predicted molar refractivity (Wildman–Crippen MR) is 102 cm³/mol. The molecule has 2 N–H and O–H groups in total. The number of amides is 2. The monoisotopic (exact) mass is 368 g/mol. The number of aromatic nitrogens is 1. The molecule has 1 aromatic carbocycles. The van der Waals surface area contributed by atoms with E-state index in [0.29, 0.717) is 17.5 Å². The number of rotatable bonds is 5. The fraction of sp³-hybridized carbons (Fsp3) is 0.450. The number of nitrogens with one attached hydrogen (secondary N) is 2. The molecule has 2 fully saturated rings. The SMILES string of the molecule is CC(=O)Nc1ccc(N2C[C@H](C)[C@H](NC(=O)c3cc(C4CC4)on3)C2)cc1. The van der Waals surface area contributed by atoms with E-state index in [2.05, 4.69) is 27.6 Å². The predicted octanol–water partition coefficient (Wildman–Crippen LogP) is 2.77. The van der Waals surface area contributed by atoms with Crippen LogP contribution in [0.4, 0.5) is 11.4 Å². The van der Waals surface area contributed by atoms with Crippen molar-refractivity contribution in [3.63, 3.8) is 0 Å². The molecule has 1 aromatic heterocycles. The molecule has 2 amide bonds. The van der Waals surface area contributed by atoms with Crippen LogP contribution in [0.5, 0.6) is 0 Å². The van der Waals surface area contributed by atoms with E-state index in [1.807, 2.05) is 24.3 Å². The molecule has 0 unspecified atom stereocenters. The number of anilines is 2. The molecule has 4 rings (SSSR count). The zero-order valence-electron chi connectivity index (χ0n) is 15.6. The van der Waals surface area contributed by atoms with Crippen molar-refractivity contribution in [2.24, 2.45) is 5.92 Å². The van der Waals surface area contributed by atoms with E-state index < -0.39 is 0 Å². The zero-order valence-corrected chi connectivity index (χ0v) is 15.6. The lowest BCUT2D eigenvalue weighted by Gasteiger charge is -2.19. The minimum atomic E-state index is -0.176. The van der Waals surface area contributed by atoms with E-state index in [-0.39, 0.29) is 17.9 Å². The summed E-state index contributed by atoms with van der Waals surface area (Å²) in [6.45, 7) is 5.22. The van der Waals surface area contributed by atoms with Crippen LogP contribution in [0.3, 0.4) is 0 Å². The first-order valence-electron chi connectivity index (χ1n) is 9.39. The van der Waals surface area contributed by atoms with Gasteiger partial charge >= 0.3 is 0 Å². The molecule has 0 bridgehead atoms. The van der Waals surface area contributed by atoms with Gasteiger partial charge in [0.05, 0.1) is 6.04 Å². The largest absolute Gasteiger partial charge is 0.369 e. The van der Waals surface area contributed by atoms with Gasteiger partial charge in [0.2, 0.25) is 5.91 Å². The van der Waals surface area contributed by atoms with Crippen molar-refractivity contribution in [3.8, 4) is 0 Å². The third-order valence-electron chi connectivity index (χ3n) is 5.22. The Hall–Kier alpha value is -2.83. The van der Waals surface area contributed by atoms with Crippen molar-refractivity contribution in [3.05, 3.63) is 41.8 Å². The molecule has 2 atom stereocenters. The summed E-state index contributed by atoms with van der Waals surface area (Å²) in [6, 6.07) is 9.58. The molecule has 0 spiro atoms. The molecule has 2 aromatic rings. The first-order chi connectivity index (χ1) is 13.0. The van der Waals surface area contributed by atoms with E-state index in [1.165, 1.54) is 6.92 Å². The minimum Gasteiger partial charge on any atom is -0.369 e. The second kappa shape index (κ2) is 7.06. The molecule has 7 nitrogen and oxygen atoms in total. The van der Waals surface area contributed by atoms with Crippen LogP contribution in [0, 0.1) is 5.92 Å². The van der Waals surface area contributed by atoms with Crippen molar-refractivity contribution in [2.45, 2.75) is 38.6 Å². The topological polar surface area (TPSA) is 87.5 Å². The first-order valence-corrected chi connectivity index (χ1v) is 9.39. The van der Waals surface area contributed by atoms with Crippen LogP contribution in [-0.2, 0) is 4.79 Å². The van der Waals surface area contributed by atoms with Crippen LogP contribution in [0.25, 0.3) is 0 Å². The molecule has 2 heterocycles. The Morgan fingerprint density at radius 1 is 1.19 bits per heavy atom. The highest BCUT2D eigenvalue weighted by molar-refractivity contribution is 5.92. The summed E-state index contributed by atoms with van der Waals surface area (Å²) in [6.07, 6.45) is 2.23. The highest BCUT2D eigenvalue weighted by Gasteiger charge is 2.33. The average molecular weight is 368 g/mol. The molecule has 1 saturated carbocycles. The summed E-state index contributed by atoms with van der Waals surface area (Å²) < 4.78 is 5.28. The maximum Gasteiger partial charge on any atom is 0.273 e. The van der Waals surface area contributed by atoms with Crippen molar-refractivity contribution in [1.82, 2.24) is 10.5 Å². The van der Waals surface area contributed by atoms with Crippen LogP contribution in [0.2, 0.25) is 0 Å². The normalized spacial score (nSPS) is 21.9. The molecule has 1 aliphatic heterocycles. The van der Waals surface area contributed by atoms with Crippen LogP contribution >= 0.6 is 0 Å². The quantitative estimate of drug-likeness (QED) is 0.847. The van der Waals surface area contributed by atoms with Crippen molar-refractivity contribution >= 4 is 23.2 Å². The highest BCUT2D eigenvalue weighted by atomic mass is 16.5. The van der Waals surface area contributed by atoms with E-state index in [4.69, 9.17) is 4.52 Å². The lowest BCUT2D eigenvalue weighted by atomic mass is 10.1. The summed E-state index contributed by atoms with van der Waals surface area (Å²) in [4.78, 5) is 25.9. The Balaban J connectivity index is 1.37. The Morgan fingerprint density at radius 3 is 2.59 bits per heavy atom. The lowest BCUT2D eigenvalue weighted by molar-refractivity contribution is -0.114. The average Bonchev–Trinajstić information content (AvgIpc) is 3.25. The van der Waals surface area contributed by atoms with Gasteiger partial charge in [-0.15, -0.1) is 0 Å². The Morgan fingerprint density at radius 2 is 1.93 bits per heavy atom. The van der Waals surface area contributed by atoms with E-state index in [9.17, 15) is 9.59 Å². The molecule has 27 heavy (non-hydrogen) atoms. The van der Waals surface area contributed by atoms with Gasteiger partial charge in [0.1, 0.15) is 5.76 Å². The number of carbonyl (C=O) groups is 2. The Kier molecular flexibility index (Phi) is 4.59. The molecule has 0 radical (unpaired) electrons. The van der Waals surface area contributed by atoms with Gasteiger partial charge < -0.3 is 20.1 Å². The summed E-state index contributed by atoms with van der Waals surface area (Å²) in [5.74, 6) is 1.32. The molecule has 7 heteroatoms. The zero-order chi connectivity index (χ0) is 19.0. The van der Waals surface area contributed by atoms with Gasteiger partial charge in [-0.25, -0.2) is 0 Å². The van der Waals surface area contributed by atoms with Crippen molar-refractivity contribution < 1.29 is 14.1 Å². The van der Waals surface area contributed by atoms with Crippen LogP contribution in [0.15, 0.2) is 34.9 Å². The summed E-state index contributed by atoms with van der Waals surface area (Å²) in [5.41, 5.74) is 2.22. The molecular formula is C20H24N4O3. The molecular weight excluding hydrogens is 344 g/mol. The highest BCUT2D eigenvalue weighted by Crippen LogP contribution is 2.40. The second-order valence-electron chi connectivity index (χ2n) is 7.58. The van der Waals surface area contributed by atoms with Gasteiger partial charge in [0.15, 0.2) is 5.69 Å². The van der Waals surface area contributed by atoms with Crippen molar-refractivity contribution in [2.75, 3.05) is 23.3 Å². The van der Waals surface area contributed by atoms with Gasteiger partial charge in [0.25, 0.3) is 5.91 Å². The number of benzene rings is 1. The van der Waals surface area contributed by atoms with Crippen LogP contribution in [-0.4, -0.2) is 36.1 Å². The molecule has 142 valence electrons. The molecule has 1 aliphatic carbocycles. The lowest BCUT2D eigenvalue weighted by Crippen LogP contribution is -2.40.